The largest absolute Gasteiger partial charge is 0.342 e. The van der Waals surface area contributed by atoms with E-state index in [4.69, 9.17) is 10.1 Å². The number of aryl methyl sites for hydroxylation is 1. The van der Waals surface area contributed by atoms with E-state index in [0.29, 0.717) is 12.5 Å². The Morgan fingerprint density at radius 1 is 1.06 bits per heavy atom. The molecule has 0 spiro atoms. The maximum Gasteiger partial charge on any atom is 0.257 e. The lowest BCUT2D eigenvalue weighted by Crippen LogP contribution is -2.41. The summed E-state index contributed by atoms with van der Waals surface area (Å²) in [7, 11) is 0. The molecule has 2 aromatic heterocycles. The van der Waals surface area contributed by atoms with Gasteiger partial charge in [0.05, 0.1) is 34.2 Å². The third-order valence-corrected chi connectivity index (χ3v) is 8.09. The van der Waals surface area contributed by atoms with Crippen LogP contribution in [0.2, 0.25) is 0 Å². The summed E-state index contributed by atoms with van der Waals surface area (Å²) in [6, 6.07) is 20.8. The molecular formula is C28H29N5OS. The van der Waals surface area contributed by atoms with E-state index < -0.39 is 0 Å². The van der Waals surface area contributed by atoms with Gasteiger partial charge in [-0.15, -0.1) is 11.3 Å². The number of fused-ring (bicyclic) bond motifs is 1. The summed E-state index contributed by atoms with van der Waals surface area (Å²) in [5.74, 6) is 1.55. The second-order valence-electron chi connectivity index (χ2n) is 9.58. The van der Waals surface area contributed by atoms with Crippen molar-refractivity contribution in [2.75, 3.05) is 19.6 Å². The molecule has 0 radical (unpaired) electrons. The minimum atomic E-state index is -0.0479. The maximum atomic E-state index is 13.5. The van der Waals surface area contributed by atoms with Gasteiger partial charge in [0.2, 0.25) is 0 Å². The van der Waals surface area contributed by atoms with Crippen molar-refractivity contribution >= 4 is 34.0 Å². The molecule has 1 fully saturated rings. The summed E-state index contributed by atoms with van der Waals surface area (Å²) in [6.07, 6.45) is 2.75. The maximum absolute atomic E-state index is 13.5. The minimum Gasteiger partial charge on any atom is -0.342 e. The molecule has 1 atom stereocenters. The fraction of sp³-hybridized carbons (Fsp3) is 0.321. The van der Waals surface area contributed by atoms with E-state index in [9.17, 15) is 4.79 Å². The molecule has 2 aliphatic heterocycles. The molecule has 1 saturated heterocycles. The predicted octanol–water partition coefficient (Wildman–Crippen LogP) is 5.49. The summed E-state index contributed by atoms with van der Waals surface area (Å²) in [5.41, 5.74) is 5.48. The topological polar surface area (TPSA) is 64.6 Å². The molecule has 2 aromatic carbocycles. The fourth-order valence-corrected chi connectivity index (χ4v) is 5.90. The first-order valence-corrected chi connectivity index (χ1v) is 13.2. The number of aromatic nitrogens is 2. The van der Waals surface area contributed by atoms with E-state index in [2.05, 4.69) is 64.7 Å². The number of carbonyl (C=O) groups excluding carboxylic acids is 1. The Bertz CT molecular complexity index is 1320. The normalized spacial score (nSPS) is 19.4. The highest BCUT2D eigenvalue weighted by molar-refractivity contribution is 7.12. The van der Waals surface area contributed by atoms with E-state index in [0.717, 1.165) is 65.4 Å². The molecule has 7 heteroatoms. The number of benzene rings is 2. The second kappa shape index (κ2) is 9.40. The average molecular weight is 484 g/mol. The molecular weight excluding hydrogens is 454 g/mol. The van der Waals surface area contributed by atoms with Crippen LogP contribution in [-0.2, 0) is 4.79 Å². The second-order valence-corrected chi connectivity index (χ2v) is 10.5. The number of imidazole rings is 1. The van der Waals surface area contributed by atoms with E-state index in [1.54, 1.807) is 16.3 Å². The van der Waals surface area contributed by atoms with Crippen LogP contribution in [0.5, 0.6) is 0 Å². The van der Waals surface area contributed by atoms with Crippen molar-refractivity contribution in [1.82, 2.24) is 19.9 Å². The number of thiophene rings is 1. The molecule has 0 aliphatic carbocycles. The lowest BCUT2D eigenvalue weighted by molar-refractivity contribution is -0.134. The lowest BCUT2D eigenvalue weighted by atomic mass is 9.96. The monoisotopic (exact) mass is 483 g/mol. The summed E-state index contributed by atoms with van der Waals surface area (Å²) in [5, 5.41) is 8.64. The number of nitrogens with zero attached hydrogens (tertiary/aromatic N) is 4. The SMILES string of the molecule is Cc1ccc([C@@H]2CC(c3cccs3)=NN2C(=O)CN2CCC(c3nc4ccccc4[nH]3)CC2)cc1. The number of likely N-dealkylation sites (tertiary alicyclic amines) is 1. The molecule has 4 heterocycles. The third kappa shape index (κ3) is 4.54. The van der Waals surface area contributed by atoms with E-state index in [1.807, 2.05) is 18.2 Å². The molecule has 178 valence electrons. The van der Waals surface area contributed by atoms with Crippen LogP contribution >= 0.6 is 11.3 Å². The van der Waals surface area contributed by atoms with Gasteiger partial charge < -0.3 is 4.98 Å². The quantitative estimate of drug-likeness (QED) is 0.408. The van der Waals surface area contributed by atoms with Crippen molar-refractivity contribution in [3.05, 3.63) is 87.9 Å². The highest BCUT2D eigenvalue weighted by Crippen LogP contribution is 2.34. The number of rotatable bonds is 5. The number of piperidine rings is 1. The molecule has 2 aliphatic rings. The minimum absolute atomic E-state index is 0.0479. The number of nitrogens with one attached hydrogen (secondary N) is 1. The number of hydrogen-bond acceptors (Lipinski definition) is 5. The smallest absolute Gasteiger partial charge is 0.257 e. The van der Waals surface area contributed by atoms with E-state index in [-0.39, 0.29) is 11.9 Å². The predicted molar refractivity (Wildman–Crippen MR) is 141 cm³/mol. The summed E-state index contributed by atoms with van der Waals surface area (Å²) < 4.78 is 0. The third-order valence-electron chi connectivity index (χ3n) is 7.17. The van der Waals surface area contributed by atoms with Gasteiger partial charge in [0.25, 0.3) is 5.91 Å². The van der Waals surface area contributed by atoms with Crippen molar-refractivity contribution in [3.63, 3.8) is 0 Å². The summed E-state index contributed by atoms with van der Waals surface area (Å²) >= 11 is 1.68. The van der Waals surface area contributed by atoms with Gasteiger partial charge in [-0.25, -0.2) is 9.99 Å². The van der Waals surface area contributed by atoms with E-state index >= 15 is 0 Å². The van der Waals surface area contributed by atoms with Gasteiger partial charge in [-0.2, -0.15) is 5.10 Å². The first-order valence-electron chi connectivity index (χ1n) is 12.3. The summed E-state index contributed by atoms with van der Waals surface area (Å²) in [4.78, 5) is 25.2. The van der Waals surface area contributed by atoms with Gasteiger partial charge in [-0.05, 0) is 62.0 Å². The van der Waals surface area contributed by atoms with Crippen LogP contribution in [0, 0.1) is 6.92 Å². The number of amides is 1. The Morgan fingerprint density at radius 2 is 1.86 bits per heavy atom. The van der Waals surface area contributed by atoms with E-state index in [1.165, 1.54) is 5.56 Å². The number of hydrogen-bond donors (Lipinski definition) is 1. The first kappa shape index (κ1) is 22.2. The number of carbonyl (C=O) groups is 1. The number of hydrazone groups is 1. The molecule has 1 amide bonds. The average Bonchev–Trinajstić information content (AvgIpc) is 3.64. The van der Waals surface area contributed by atoms with Crippen LogP contribution < -0.4 is 0 Å². The Kier molecular flexibility index (Phi) is 5.96. The van der Waals surface area contributed by atoms with Crippen molar-refractivity contribution in [2.45, 2.75) is 38.1 Å². The zero-order valence-electron chi connectivity index (χ0n) is 19.9. The highest BCUT2D eigenvalue weighted by atomic mass is 32.1. The molecule has 0 saturated carbocycles. The van der Waals surface area contributed by atoms with Crippen LogP contribution in [0.4, 0.5) is 0 Å². The molecule has 6 rings (SSSR count). The highest BCUT2D eigenvalue weighted by Gasteiger charge is 2.34. The van der Waals surface area contributed by atoms with Crippen molar-refractivity contribution in [3.8, 4) is 0 Å². The fourth-order valence-electron chi connectivity index (χ4n) is 5.17. The molecule has 35 heavy (non-hydrogen) atoms. The lowest BCUT2D eigenvalue weighted by Gasteiger charge is -2.32. The van der Waals surface area contributed by atoms with Crippen molar-refractivity contribution in [1.29, 1.82) is 0 Å². The molecule has 6 nitrogen and oxygen atoms in total. The number of aromatic amines is 1. The van der Waals surface area contributed by atoms with Gasteiger partial charge in [0.15, 0.2) is 0 Å². The van der Waals surface area contributed by atoms with Crippen LogP contribution in [-0.4, -0.2) is 51.1 Å². The standard InChI is InChI=1S/C28H29N5OS/c1-19-8-10-20(11-9-19)25-17-24(26-7-4-16-35-26)31-33(25)27(34)18-32-14-12-21(13-15-32)28-29-22-5-2-3-6-23(22)30-28/h2-11,16,21,25H,12-15,17-18H2,1H3,(H,29,30)/t25-/m0/s1. The zero-order chi connectivity index (χ0) is 23.8. The Balaban J connectivity index is 1.14. The van der Waals surface area contributed by atoms with Gasteiger partial charge in [-0.3, -0.25) is 9.69 Å². The summed E-state index contributed by atoms with van der Waals surface area (Å²) in [6.45, 7) is 4.26. The van der Waals surface area contributed by atoms with Gasteiger partial charge in [0.1, 0.15) is 5.82 Å². The molecule has 4 aromatic rings. The van der Waals surface area contributed by atoms with Crippen LogP contribution in [0.3, 0.4) is 0 Å². The van der Waals surface area contributed by atoms with Crippen LogP contribution in [0.15, 0.2) is 71.1 Å². The number of para-hydroxylation sites is 2. The first-order chi connectivity index (χ1) is 17.1. The Labute approximate surface area is 209 Å². The van der Waals surface area contributed by atoms with Crippen LogP contribution in [0.1, 0.15) is 53.1 Å². The van der Waals surface area contributed by atoms with Crippen molar-refractivity contribution < 1.29 is 4.79 Å². The Hall–Kier alpha value is -3.29. The molecule has 0 bridgehead atoms. The van der Waals surface area contributed by atoms with Gasteiger partial charge in [0, 0.05) is 12.3 Å². The zero-order valence-corrected chi connectivity index (χ0v) is 20.7. The van der Waals surface area contributed by atoms with Crippen LogP contribution in [0.25, 0.3) is 11.0 Å². The van der Waals surface area contributed by atoms with Gasteiger partial charge >= 0.3 is 0 Å². The Morgan fingerprint density at radius 3 is 2.60 bits per heavy atom. The van der Waals surface area contributed by atoms with Gasteiger partial charge in [-0.1, -0.05) is 48.0 Å². The molecule has 0 unspecified atom stereocenters. The molecule has 1 N–H and O–H groups in total. The van der Waals surface area contributed by atoms with Crippen molar-refractivity contribution in [2.24, 2.45) is 5.10 Å². The number of H-pyrrole nitrogens is 1.